The number of carboxylic acids is 1. The lowest BCUT2D eigenvalue weighted by atomic mass is 10.1. The molecule has 0 bridgehead atoms. The molecule has 0 amide bonds. The number of hydrogen-bond donors (Lipinski definition) is 5. The molecule has 4 aromatic carbocycles. The number of aromatic carboxylic acids is 1. The van der Waals surface area contributed by atoms with Crippen LogP contribution in [0.3, 0.4) is 0 Å². The Morgan fingerprint density at radius 1 is 0.895 bits per heavy atom. The van der Waals surface area contributed by atoms with Crippen LogP contribution in [0.2, 0.25) is 0 Å². The van der Waals surface area contributed by atoms with Crippen molar-refractivity contribution in [3.63, 3.8) is 0 Å². The molecule has 0 saturated heterocycles. The molecule has 0 unspecified atom stereocenters. The molecule has 0 atom stereocenters. The largest absolute Gasteiger partial charge is 0.505 e. The first-order valence-corrected chi connectivity index (χ1v) is 12.1. The molecule has 13 nitrogen and oxygen atoms in total. The van der Waals surface area contributed by atoms with Crippen LogP contribution in [0, 0.1) is 0 Å². The Morgan fingerprint density at radius 3 is 2.26 bits per heavy atom. The summed E-state index contributed by atoms with van der Waals surface area (Å²) in [7, 11) is -3.47. The van der Waals surface area contributed by atoms with Crippen molar-refractivity contribution in [3.8, 4) is 11.5 Å². The normalized spacial score (nSPS) is 11.9. The molecule has 0 aliphatic heterocycles. The number of nitrogens with zero attached hydrogens (tertiary/aromatic N) is 4. The number of rotatable bonds is 7. The van der Waals surface area contributed by atoms with Crippen molar-refractivity contribution in [2.75, 3.05) is 18.6 Å². The van der Waals surface area contributed by atoms with Crippen molar-refractivity contribution >= 4 is 61.0 Å². The molecular formula is C24H20N6O7S. The number of phenols is 1. The van der Waals surface area contributed by atoms with Gasteiger partial charge in [-0.3, -0.25) is 4.55 Å². The molecule has 0 aliphatic carbocycles. The zero-order valence-electron chi connectivity index (χ0n) is 19.6. The van der Waals surface area contributed by atoms with E-state index >= 15 is 0 Å². The standard InChI is InChI=1S/C24H20N6O7S/c1-37-18-9-8-17(21(20(18)26)29-27-16-5-3-2-4-14(16)24(32)33)28-30-22-19(38(34,35)36)10-12-6-7-13(25)11-15(12)23(22)31/h2-11,31H,25-26H2,1H3,(H,32,33)(H,34,35,36). The molecule has 0 spiro atoms. The zero-order chi connectivity index (χ0) is 27.6. The monoisotopic (exact) mass is 536 g/mol. The highest BCUT2D eigenvalue weighted by Gasteiger charge is 2.22. The van der Waals surface area contributed by atoms with E-state index < -0.39 is 32.4 Å². The van der Waals surface area contributed by atoms with E-state index in [0.29, 0.717) is 5.69 Å². The summed E-state index contributed by atoms with van der Waals surface area (Å²) in [4.78, 5) is 10.8. The van der Waals surface area contributed by atoms with Crippen molar-refractivity contribution in [2.45, 2.75) is 4.90 Å². The highest BCUT2D eigenvalue weighted by molar-refractivity contribution is 7.86. The van der Waals surface area contributed by atoms with E-state index in [2.05, 4.69) is 20.5 Å². The number of benzene rings is 4. The number of nitrogen functional groups attached to an aromatic ring is 2. The molecule has 0 radical (unpaired) electrons. The summed E-state index contributed by atoms with van der Waals surface area (Å²) in [5.74, 6) is -1.61. The highest BCUT2D eigenvalue weighted by Crippen LogP contribution is 2.45. The van der Waals surface area contributed by atoms with Gasteiger partial charge in [-0.25, -0.2) is 4.79 Å². The van der Waals surface area contributed by atoms with Crippen molar-refractivity contribution in [1.82, 2.24) is 0 Å². The maximum atomic E-state index is 12.1. The zero-order valence-corrected chi connectivity index (χ0v) is 20.4. The molecule has 0 aliphatic rings. The minimum absolute atomic E-state index is 0.0222. The quantitative estimate of drug-likeness (QED) is 0.114. The minimum Gasteiger partial charge on any atom is -0.505 e. The SMILES string of the molecule is COc1ccc(N=Nc2c(S(=O)(=O)O)cc3ccc(N)cc3c2O)c(N=Nc2ccccc2C(=O)O)c1N. The third kappa shape index (κ3) is 5.07. The lowest BCUT2D eigenvalue weighted by Gasteiger charge is -2.10. The molecule has 0 saturated carbocycles. The van der Waals surface area contributed by atoms with Crippen molar-refractivity contribution in [2.24, 2.45) is 20.5 Å². The van der Waals surface area contributed by atoms with Crippen molar-refractivity contribution in [1.29, 1.82) is 0 Å². The number of hydrogen-bond acceptors (Lipinski definition) is 11. The molecule has 7 N–H and O–H groups in total. The van der Waals surface area contributed by atoms with E-state index in [1.807, 2.05) is 0 Å². The maximum absolute atomic E-state index is 12.1. The second kappa shape index (κ2) is 10.1. The summed E-state index contributed by atoms with van der Waals surface area (Å²) < 4.78 is 39.1. The van der Waals surface area contributed by atoms with Gasteiger partial charge in [0.15, 0.2) is 5.75 Å². The summed E-state index contributed by atoms with van der Waals surface area (Å²) in [6.07, 6.45) is 0. The van der Waals surface area contributed by atoms with E-state index in [4.69, 9.17) is 16.2 Å². The Labute approximate surface area is 215 Å². The Balaban J connectivity index is 1.89. The first-order valence-electron chi connectivity index (χ1n) is 10.7. The van der Waals surface area contributed by atoms with Crippen LogP contribution < -0.4 is 16.2 Å². The van der Waals surface area contributed by atoms with Crippen molar-refractivity contribution < 1.29 is 32.7 Å². The molecule has 0 aromatic heterocycles. The molecule has 4 aromatic rings. The summed E-state index contributed by atoms with van der Waals surface area (Å²) in [5.41, 5.74) is 11.5. The lowest BCUT2D eigenvalue weighted by Crippen LogP contribution is -1.99. The van der Waals surface area contributed by atoms with Gasteiger partial charge in [0.2, 0.25) is 0 Å². The Kier molecular flexibility index (Phi) is 6.92. The van der Waals surface area contributed by atoms with Gasteiger partial charge in [-0.15, -0.1) is 20.5 Å². The van der Waals surface area contributed by atoms with Gasteiger partial charge in [0.1, 0.15) is 39.1 Å². The van der Waals surface area contributed by atoms with Crippen LogP contribution in [0.4, 0.5) is 34.1 Å². The van der Waals surface area contributed by atoms with Gasteiger partial charge in [0, 0.05) is 11.1 Å². The second-order valence-electron chi connectivity index (χ2n) is 7.80. The van der Waals surface area contributed by atoms with Crippen LogP contribution in [0.5, 0.6) is 11.5 Å². The fraction of sp³-hybridized carbons (Fsp3) is 0.0417. The van der Waals surface area contributed by atoms with Gasteiger partial charge in [-0.1, -0.05) is 18.2 Å². The Morgan fingerprint density at radius 2 is 1.58 bits per heavy atom. The van der Waals surface area contributed by atoms with Gasteiger partial charge >= 0.3 is 5.97 Å². The molecule has 14 heteroatoms. The van der Waals surface area contributed by atoms with Crippen molar-refractivity contribution in [3.05, 3.63) is 66.2 Å². The lowest BCUT2D eigenvalue weighted by molar-refractivity contribution is 0.0697. The van der Waals surface area contributed by atoms with Crippen LogP contribution in [-0.2, 0) is 10.1 Å². The third-order valence-corrected chi connectivity index (χ3v) is 6.25. The average Bonchev–Trinajstić information content (AvgIpc) is 2.87. The molecule has 38 heavy (non-hydrogen) atoms. The van der Waals surface area contributed by atoms with E-state index in [1.165, 1.54) is 55.6 Å². The van der Waals surface area contributed by atoms with Crippen LogP contribution in [0.1, 0.15) is 10.4 Å². The molecule has 194 valence electrons. The summed E-state index contributed by atoms with van der Waals surface area (Å²) in [6.45, 7) is 0. The van der Waals surface area contributed by atoms with Gasteiger partial charge < -0.3 is 26.4 Å². The van der Waals surface area contributed by atoms with Gasteiger partial charge in [-0.05, 0) is 47.9 Å². The third-order valence-electron chi connectivity index (χ3n) is 5.38. The Hall–Kier alpha value is -5.08. The number of carbonyl (C=O) groups is 1. The van der Waals surface area contributed by atoms with Gasteiger partial charge in [-0.2, -0.15) is 8.42 Å². The molecule has 0 fully saturated rings. The number of azo groups is 2. The first kappa shape index (κ1) is 26.0. The fourth-order valence-corrected chi connectivity index (χ4v) is 4.20. The molecule has 0 heterocycles. The van der Waals surface area contributed by atoms with Crippen LogP contribution in [0.25, 0.3) is 10.8 Å². The molecule has 4 rings (SSSR count). The van der Waals surface area contributed by atoms with E-state index in [1.54, 1.807) is 6.07 Å². The van der Waals surface area contributed by atoms with E-state index in [9.17, 15) is 28.0 Å². The average molecular weight is 537 g/mol. The van der Waals surface area contributed by atoms with Crippen LogP contribution in [-0.4, -0.2) is 36.3 Å². The topological polar surface area (TPSA) is 223 Å². The number of ether oxygens (including phenoxy) is 1. The number of anilines is 2. The number of phenolic OH excluding ortho intramolecular Hbond substituents is 1. The van der Waals surface area contributed by atoms with Gasteiger partial charge in [0.05, 0.1) is 12.7 Å². The number of fused-ring (bicyclic) bond motifs is 1. The van der Waals surface area contributed by atoms with Gasteiger partial charge in [0.25, 0.3) is 10.1 Å². The number of nitrogens with two attached hydrogens (primary N) is 2. The summed E-state index contributed by atoms with van der Waals surface area (Å²) in [5, 5.41) is 36.6. The predicted octanol–water partition coefficient (Wildman–Crippen LogP) is 5.49. The second-order valence-corrected chi connectivity index (χ2v) is 9.19. The number of aromatic hydroxyl groups is 1. The first-order chi connectivity index (χ1) is 18.0. The number of carboxylic acid groups (broad SMARTS) is 1. The highest BCUT2D eigenvalue weighted by atomic mass is 32.2. The number of methoxy groups -OCH3 is 1. The van der Waals surface area contributed by atoms with Crippen LogP contribution in [0.15, 0.2) is 86.0 Å². The fourth-order valence-electron chi connectivity index (χ4n) is 3.54. The van der Waals surface area contributed by atoms with E-state index in [0.717, 1.165) is 6.07 Å². The maximum Gasteiger partial charge on any atom is 0.337 e. The Bertz CT molecular complexity index is 1750. The minimum atomic E-state index is -4.84. The summed E-state index contributed by atoms with van der Waals surface area (Å²) in [6, 6.07) is 14.2. The van der Waals surface area contributed by atoms with Crippen LogP contribution >= 0.6 is 0 Å². The molecular weight excluding hydrogens is 516 g/mol. The van der Waals surface area contributed by atoms with E-state index in [-0.39, 0.29) is 44.8 Å². The smallest absolute Gasteiger partial charge is 0.337 e. The predicted molar refractivity (Wildman–Crippen MR) is 139 cm³/mol. The summed E-state index contributed by atoms with van der Waals surface area (Å²) >= 11 is 0.